The molecule has 0 amide bonds. The van der Waals surface area contributed by atoms with Gasteiger partial charge in [-0.1, -0.05) is 18.5 Å². The summed E-state index contributed by atoms with van der Waals surface area (Å²) in [6.07, 6.45) is 6.89. The van der Waals surface area contributed by atoms with Gasteiger partial charge in [-0.3, -0.25) is 4.68 Å². The van der Waals surface area contributed by atoms with Gasteiger partial charge in [0.05, 0.1) is 12.4 Å². The van der Waals surface area contributed by atoms with Crippen molar-refractivity contribution in [3.05, 3.63) is 47.3 Å². The number of aryl methyl sites for hydroxylation is 1. The Balaban J connectivity index is 2.24. The average molecular weight is 307 g/mol. The maximum Gasteiger partial charge on any atom is 0.328 e. The zero-order valence-corrected chi connectivity index (χ0v) is 12.2. The van der Waals surface area contributed by atoms with E-state index in [0.717, 1.165) is 19.0 Å². The van der Waals surface area contributed by atoms with Gasteiger partial charge in [0.15, 0.2) is 5.75 Å². The molecular weight excluding hydrogens is 292 g/mol. The van der Waals surface area contributed by atoms with Crippen molar-refractivity contribution in [3.8, 4) is 11.5 Å². The molecule has 0 saturated carbocycles. The fourth-order valence-corrected chi connectivity index (χ4v) is 1.93. The number of aromatic nitrogens is 2. The number of benzene rings is 1. The van der Waals surface area contributed by atoms with Crippen LogP contribution in [0.1, 0.15) is 18.9 Å². The lowest BCUT2D eigenvalue weighted by Crippen LogP contribution is -1.95. The molecule has 1 aromatic heterocycles. The molecule has 0 aliphatic heterocycles. The molecule has 21 heavy (non-hydrogen) atoms. The highest BCUT2D eigenvalue weighted by atomic mass is 35.5. The van der Waals surface area contributed by atoms with E-state index in [1.165, 1.54) is 6.08 Å². The Kier molecular flexibility index (Phi) is 5.00. The van der Waals surface area contributed by atoms with Gasteiger partial charge >= 0.3 is 5.97 Å². The van der Waals surface area contributed by atoms with Gasteiger partial charge in [0, 0.05) is 29.3 Å². The molecule has 1 N–H and O–H groups in total. The van der Waals surface area contributed by atoms with Crippen molar-refractivity contribution >= 4 is 23.6 Å². The van der Waals surface area contributed by atoms with Gasteiger partial charge in [0.2, 0.25) is 0 Å². The minimum Gasteiger partial charge on any atom is -0.478 e. The monoisotopic (exact) mass is 306 g/mol. The molecule has 6 heteroatoms. The van der Waals surface area contributed by atoms with Gasteiger partial charge in [-0.05, 0) is 24.6 Å². The molecule has 2 rings (SSSR count). The summed E-state index contributed by atoms with van der Waals surface area (Å²) in [5.41, 5.74) is 0.630. The van der Waals surface area contributed by atoms with Crippen LogP contribution in [0.5, 0.6) is 11.5 Å². The van der Waals surface area contributed by atoms with E-state index in [9.17, 15) is 4.79 Å². The maximum absolute atomic E-state index is 10.6. The third-order valence-electron chi connectivity index (χ3n) is 2.67. The third kappa shape index (κ3) is 4.36. The first-order valence-corrected chi connectivity index (χ1v) is 6.87. The van der Waals surface area contributed by atoms with E-state index in [1.54, 1.807) is 35.3 Å². The zero-order chi connectivity index (χ0) is 15.2. The fourth-order valence-electron chi connectivity index (χ4n) is 1.77. The minimum absolute atomic E-state index is 0.482. The molecular formula is C15H15ClN2O3. The second kappa shape index (κ2) is 6.95. The van der Waals surface area contributed by atoms with Crippen molar-refractivity contribution < 1.29 is 14.6 Å². The molecule has 0 atom stereocenters. The molecule has 0 aliphatic carbocycles. The lowest BCUT2D eigenvalue weighted by Gasteiger charge is -2.07. The van der Waals surface area contributed by atoms with Gasteiger partial charge in [0.1, 0.15) is 5.75 Å². The first kappa shape index (κ1) is 15.1. The molecule has 0 bridgehead atoms. The molecule has 2 aromatic rings. The highest BCUT2D eigenvalue weighted by molar-refractivity contribution is 6.30. The first-order chi connectivity index (χ1) is 10.1. The number of halogens is 1. The molecule has 0 aliphatic rings. The van der Waals surface area contributed by atoms with Crippen molar-refractivity contribution in [1.29, 1.82) is 0 Å². The number of carbonyl (C=O) groups is 1. The maximum atomic E-state index is 10.6. The summed E-state index contributed by atoms with van der Waals surface area (Å²) in [6, 6.07) is 5.02. The van der Waals surface area contributed by atoms with Gasteiger partial charge in [-0.25, -0.2) is 4.79 Å². The van der Waals surface area contributed by atoms with E-state index in [-0.39, 0.29) is 0 Å². The van der Waals surface area contributed by atoms with E-state index in [0.29, 0.717) is 22.1 Å². The SMILES string of the molecule is CCCn1cc(Oc2cc(Cl)ccc2/C=C/C(=O)O)cn1. The number of hydrogen-bond acceptors (Lipinski definition) is 3. The number of rotatable bonds is 6. The van der Waals surface area contributed by atoms with E-state index in [1.807, 2.05) is 0 Å². The van der Waals surface area contributed by atoms with Crippen LogP contribution in [-0.2, 0) is 11.3 Å². The van der Waals surface area contributed by atoms with Crippen molar-refractivity contribution in [2.75, 3.05) is 0 Å². The Hall–Kier alpha value is -2.27. The summed E-state index contributed by atoms with van der Waals surface area (Å²) in [6.45, 7) is 2.87. The Morgan fingerprint density at radius 2 is 2.33 bits per heavy atom. The number of ether oxygens (including phenoxy) is 1. The quantitative estimate of drug-likeness (QED) is 0.824. The Bertz CT molecular complexity index is 665. The summed E-state index contributed by atoms with van der Waals surface area (Å²) in [5, 5.41) is 13.4. The van der Waals surface area contributed by atoms with Crippen molar-refractivity contribution in [1.82, 2.24) is 9.78 Å². The van der Waals surface area contributed by atoms with Crippen LogP contribution in [0.15, 0.2) is 36.7 Å². The number of aliphatic carboxylic acids is 1. The van der Waals surface area contributed by atoms with Gasteiger partial charge in [0.25, 0.3) is 0 Å². The van der Waals surface area contributed by atoms with Crippen LogP contribution in [0.4, 0.5) is 0 Å². The van der Waals surface area contributed by atoms with E-state index >= 15 is 0 Å². The second-order valence-electron chi connectivity index (χ2n) is 4.39. The largest absolute Gasteiger partial charge is 0.478 e. The molecule has 1 aromatic carbocycles. The molecule has 0 spiro atoms. The third-order valence-corrected chi connectivity index (χ3v) is 2.91. The molecule has 0 fully saturated rings. The van der Waals surface area contributed by atoms with E-state index in [2.05, 4.69) is 12.0 Å². The van der Waals surface area contributed by atoms with Gasteiger partial charge in [-0.2, -0.15) is 5.10 Å². The van der Waals surface area contributed by atoms with Crippen molar-refractivity contribution in [2.24, 2.45) is 0 Å². The summed E-state index contributed by atoms with van der Waals surface area (Å²) in [4.78, 5) is 10.6. The van der Waals surface area contributed by atoms with Crippen molar-refractivity contribution in [3.63, 3.8) is 0 Å². The highest BCUT2D eigenvalue weighted by Crippen LogP contribution is 2.29. The fraction of sp³-hybridized carbons (Fsp3) is 0.200. The lowest BCUT2D eigenvalue weighted by atomic mass is 10.2. The molecule has 1 heterocycles. The van der Waals surface area contributed by atoms with Crippen LogP contribution in [0, 0.1) is 0 Å². The standard InChI is InChI=1S/C15H15ClN2O3/c1-2-7-18-10-13(9-17-18)21-14-8-12(16)5-3-11(14)4-6-15(19)20/h3-6,8-10H,2,7H2,1H3,(H,19,20)/b6-4+. The topological polar surface area (TPSA) is 64.3 Å². The predicted molar refractivity (Wildman–Crippen MR) is 80.7 cm³/mol. The van der Waals surface area contributed by atoms with Crippen molar-refractivity contribution in [2.45, 2.75) is 19.9 Å². The van der Waals surface area contributed by atoms with Gasteiger partial charge in [-0.15, -0.1) is 0 Å². The minimum atomic E-state index is -1.02. The van der Waals surface area contributed by atoms with Crippen LogP contribution in [0.2, 0.25) is 5.02 Å². The Labute approximate surface area is 127 Å². The second-order valence-corrected chi connectivity index (χ2v) is 4.83. The zero-order valence-electron chi connectivity index (χ0n) is 11.5. The Morgan fingerprint density at radius 3 is 3.05 bits per heavy atom. The smallest absolute Gasteiger partial charge is 0.328 e. The average Bonchev–Trinajstić information content (AvgIpc) is 2.85. The first-order valence-electron chi connectivity index (χ1n) is 6.49. The number of carboxylic acid groups (broad SMARTS) is 1. The molecule has 110 valence electrons. The Morgan fingerprint density at radius 1 is 1.52 bits per heavy atom. The number of carboxylic acids is 1. The summed E-state index contributed by atoms with van der Waals surface area (Å²) in [7, 11) is 0. The van der Waals surface area contributed by atoms with E-state index in [4.69, 9.17) is 21.4 Å². The lowest BCUT2D eigenvalue weighted by molar-refractivity contribution is -0.131. The van der Waals surface area contributed by atoms with E-state index < -0.39 is 5.97 Å². The number of hydrogen-bond donors (Lipinski definition) is 1. The molecule has 5 nitrogen and oxygen atoms in total. The van der Waals surface area contributed by atoms with Crippen LogP contribution < -0.4 is 4.74 Å². The molecule has 0 unspecified atom stereocenters. The highest BCUT2D eigenvalue weighted by Gasteiger charge is 2.06. The predicted octanol–water partition coefficient (Wildman–Crippen LogP) is 3.84. The van der Waals surface area contributed by atoms with Crippen LogP contribution in [-0.4, -0.2) is 20.9 Å². The van der Waals surface area contributed by atoms with Crippen LogP contribution in [0.3, 0.4) is 0 Å². The summed E-state index contributed by atoms with van der Waals surface area (Å²) in [5.74, 6) is 0.0402. The summed E-state index contributed by atoms with van der Waals surface area (Å²) >= 11 is 5.96. The molecule has 0 radical (unpaired) electrons. The van der Waals surface area contributed by atoms with Crippen LogP contribution in [0.25, 0.3) is 6.08 Å². The molecule has 0 saturated heterocycles. The summed E-state index contributed by atoms with van der Waals surface area (Å²) < 4.78 is 7.52. The normalized spacial score (nSPS) is 11.0. The van der Waals surface area contributed by atoms with Gasteiger partial charge < -0.3 is 9.84 Å². The number of nitrogens with zero attached hydrogens (tertiary/aromatic N) is 2. The van der Waals surface area contributed by atoms with Crippen LogP contribution >= 0.6 is 11.6 Å².